The molecule has 0 N–H and O–H groups in total. The second-order valence-electron chi connectivity index (χ2n) is 8.37. The third-order valence-electron chi connectivity index (χ3n) is 5.86. The fourth-order valence-electron chi connectivity index (χ4n) is 3.71. The molecule has 0 unspecified atom stereocenters. The van der Waals surface area contributed by atoms with E-state index >= 15 is 0 Å². The highest BCUT2D eigenvalue weighted by Gasteiger charge is 2.23. The molecule has 4 aromatic carbocycles. The lowest BCUT2D eigenvalue weighted by Crippen LogP contribution is -2.18. The fraction of sp³-hybridized carbons (Fsp3) is 0.172. The lowest BCUT2D eigenvalue weighted by atomic mass is 9.78. The van der Waals surface area contributed by atoms with Crippen molar-refractivity contribution in [2.24, 2.45) is 0 Å². The Hall–Kier alpha value is -3.52. The molecule has 0 aliphatic heterocycles. The molecular weight excluding hydrogens is 380 g/mol. The van der Waals surface area contributed by atoms with Crippen LogP contribution in [-0.2, 0) is 5.41 Å². The molecule has 4 aromatic rings. The Labute approximate surface area is 185 Å². The second kappa shape index (κ2) is 8.69. The molecule has 0 spiro atoms. The van der Waals surface area contributed by atoms with Gasteiger partial charge in [0.2, 0.25) is 0 Å². The summed E-state index contributed by atoms with van der Waals surface area (Å²) in [5.41, 5.74) is 6.03. The Morgan fingerprint density at radius 3 is 1.35 bits per heavy atom. The number of aryl methyl sites for hydroxylation is 1. The van der Waals surface area contributed by atoms with Crippen molar-refractivity contribution in [1.29, 1.82) is 0 Å². The predicted molar refractivity (Wildman–Crippen MR) is 128 cm³/mol. The highest BCUT2D eigenvalue weighted by atomic mass is 16.5. The molecule has 2 heteroatoms. The van der Waals surface area contributed by atoms with Gasteiger partial charge in [-0.05, 0) is 65.6 Å². The van der Waals surface area contributed by atoms with E-state index < -0.39 is 0 Å². The highest BCUT2D eigenvalue weighted by molar-refractivity contribution is 5.64. The number of rotatable bonds is 6. The molecule has 0 saturated carbocycles. The molecule has 156 valence electrons. The van der Waals surface area contributed by atoms with E-state index in [0.29, 0.717) is 0 Å². The van der Waals surface area contributed by atoms with Crippen molar-refractivity contribution in [3.8, 4) is 28.4 Å². The van der Waals surface area contributed by atoms with Gasteiger partial charge in [-0.15, -0.1) is 0 Å². The first-order chi connectivity index (χ1) is 15.0. The van der Waals surface area contributed by atoms with Crippen LogP contribution in [0.1, 0.15) is 30.5 Å². The van der Waals surface area contributed by atoms with Crippen molar-refractivity contribution < 1.29 is 9.47 Å². The Morgan fingerprint density at radius 1 is 0.516 bits per heavy atom. The van der Waals surface area contributed by atoms with E-state index in [1.165, 1.54) is 27.8 Å². The third kappa shape index (κ3) is 4.64. The normalized spacial score (nSPS) is 11.2. The van der Waals surface area contributed by atoms with E-state index in [9.17, 15) is 0 Å². The minimum atomic E-state index is -0.111. The summed E-state index contributed by atoms with van der Waals surface area (Å²) in [5.74, 6) is 2.53. The van der Waals surface area contributed by atoms with Gasteiger partial charge in [0.15, 0.2) is 0 Å². The molecule has 0 atom stereocenters. The van der Waals surface area contributed by atoms with Crippen LogP contribution in [0.5, 0.6) is 17.2 Å². The van der Waals surface area contributed by atoms with Gasteiger partial charge in [0.25, 0.3) is 0 Å². The van der Waals surface area contributed by atoms with Gasteiger partial charge < -0.3 is 9.47 Å². The molecule has 0 amide bonds. The highest BCUT2D eigenvalue weighted by Crippen LogP contribution is 2.34. The van der Waals surface area contributed by atoms with Crippen LogP contribution in [0.4, 0.5) is 0 Å². The average molecular weight is 409 g/mol. The summed E-state index contributed by atoms with van der Waals surface area (Å²) < 4.78 is 11.4. The van der Waals surface area contributed by atoms with Crippen molar-refractivity contribution in [2.45, 2.75) is 26.2 Å². The second-order valence-corrected chi connectivity index (χ2v) is 8.37. The van der Waals surface area contributed by atoms with Crippen molar-refractivity contribution in [1.82, 2.24) is 0 Å². The zero-order valence-corrected chi connectivity index (χ0v) is 18.6. The topological polar surface area (TPSA) is 18.5 Å². The summed E-state index contributed by atoms with van der Waals surface area (Å²) in [6.07, 6.45) is 0. The first-order valence-electron chi connectivity index (χ1n) is 10.6. The zero-order chi connectivity index (χ0) is 21.8. The van der Waals surface area contributed by atoms with E-state index in [2.05, 4.69) is 81.4 Å². The molecule has 0 aromatic heterocycles. The van der Waals surface area contributed by atoms with Gasteiger partial charge in [0.05, 0.1) is 7.11 Å². The monoisotopic (exact) mass is 408 g/mol. The summed E-state index contributed by atoms with van der Waals surface area (Å²) in [6.45, 7) is 6.56. The van der Waals surface area contributed by atoms with Gasteiger partial charge in [-0.3, -0.25) is 0 Å². The molecule has 0 aliphatic carbocycles. The van der Waals surface area contributed by atoms with Crippen LogP contribution in [-0.4, -0.2) is 7.11 Å². The SMILES string of the molecule is COc1ccc(C(C)(C)c2ccc(Oc3ccc(-c4ccc(C)cc4)cc3)cc2)cc1. The molecule has 0 bridgehead atoms. The molecule has 0 radical (unpaired) electrons. The van der Waals surface area contributed by atoms with E-state index in [-0.39, 0.29) is 5.41 Å². The number of hydrogen-bond donors (Lipinski definition) is 0. The first kappa shape index (κ1) is 20.7. The molecule has 4 rings (SSSR count). The van der Waals surface area contributed by atoms with E-state index in [1.54, 1.807) is 7.11 Å². The Morgan fingerprint density at radius 2 is 0.903 bits per heavy atom. The first-order valence-corrected chi connectivity index (χ1v) is 10.6. The average Bonchev–Trinajstić information content (AvgIpc) is 2.80. The van der Waals surface area contributed by atoms with Gasteiger partial charge in [-0.1, -0.05) is 80.1 Å². The van der Waals surface area contributed by atoms with Crippen LogP contribution in [0, 0.1) is 6.92 Å². The molecular formula is C29H28O2. The predicted octanol–water partition coefficient (Wildman–Crippen LogP) is 7.79. The molecule has 31 heavy (non-hydrogen) atoms. The van der Waals surface area contributed by atoms with Crippen LogP contribution in [0.3, 0.4) is 0 Å². The number of methoxy groups -OCH3 is 1. The Balaban J connectivity index is 1.47. The minimum Gasteiger partial charge on any atom is -0.497 e. The van der Waals surface area contributed by atoms with E-state index in [1.807, 2.05) is 36.4 Å². The van der Waals surface area contributed by atoms with E-state index in [4.69, 9.17) is 9.47 Å². The maximum atomic E-state index is 6.08. The maximum absolute atomic E-state index is 6.08. The molecule has 0 aliphatic rings. The summed E-state index contributed by atoms with van der Waals surface area (Å²) in [5, 5.41) is 0. The van der Waals surface area contributed by atoms with Crippen molar-refractivity contribution in [3.63, 3.8) is 0 Å². The minimum absolute atomic E-state index is 0.111. The zero-order valence-electron chi connectivity index (χ0n) is 18.6. The number of ether oxygens (including phenoxy) is 2. The Kier molecular flexibility index (Phi) is 5.81. The Bertz CT molecular complexity index is 1120. The molecule has 0 fully saturated rings. The molecule has 2 nitrogen and oxygen atoms in total. The van der Waals surface area contributed by atoms with Gasteiger partial charge in [-0.25, -0.2) is 0 Å². The van der Waals surface area contributed by atoms with Crippen LogP contribution >= 0.6 is 0 Å². The number of benzene rings is 4. The standard InChI is InChI=1S/C29H28O2/c1-21-5-7-22(8-6-21)23-9-15-27(16-10-23)31-28-19-13-25(14-20-28)29(2,3)24-11-17-26(30-4)18-12-24/h5-20H,1-4H3. The van der Waals surface area contributed by atoms with Gasteiger partial charge in [-0.2, -0.15) is 0 Å². The van der Waals surface area contributed by atoms with Gasteiger partial charge >= 0.3 is 0 Å². The van der Waals surface area contributed by atoms with Gasteiger partial charge in [0.1, 0.15) is 17.2 Å². The van der Waals surface area contributed by atoms with Crippen molar-refractivity contribution in [2.75, 3.05) is 7.11 Å². The third-order valence-corrected chi connectivity index (χ3v) is 5.86. The quantitative estimate of drug-likeness (QED) is 0.324. The smallest absolute Gasteiger partial charge is 0.127 e. The summed E-state index contributed by atoms with van der Waals surface area (Å²) in [6, 6.07) is 33.4. The number of hydrogen-bond acceptors (Lipinski definition) is 2. The summed E-state index contributed by atoms with van der Waals surface area (Å²) in [4.78, 5) is 0. The van der Waals surface area contributed by atoms with Gasteiger partial charge in [0, 0.05) is 5.41 Å². The maximum Gasteiger partial charge on any atom is 0.127 e. The van der Waals surface area contributed by atoms with Crippen LogP contribution in [0.2, 0.25) is 0 Å². The van der Waals surface area contributed by atoms with Crippen LogP contribution in [0.25, 0.3) is 11.1 Å². The van der Waals surface area contributed by atoms with Crippen molar-refractivity contribution in [3.05, 3.63) is 114 Å². The van der Waals surface area contributed by atoms with Crippen LogP contribution in [0.15, 0.2) is 97.1 Å². The lowest BCUT2D eigenvalue weighted by Gasteiger charge is -2.26. The van der Waals surface area contributed by atoms with Crippen LogP contribution < -0.4 is 9.47 Å². The fourth-order valence-corrected chi connectivity index (χ4v) is 3.71. The summed E-state index contributed by atoms with van der Waals surface area (Å²) >= 11 is 0. The molecule has 0 saturated heterocycles. The summed E-state index contributed by atoms with van der Waals surface area (Å²) in [7, 11) is 1.69. The lowest BCUT2D eigenvalue weighted by molar-refractivity contribution is 0.414. The van der Waals surface area contributed by atoms with Crippen molar-refractivity contribution >= 4 is 0 Å². The molecule has 0 heterocycles. The van der Waals surface area contributed by atoms with E-state index in [0.717, 1.165) is 17.2 Å². The largest absolute Gasteiger partial charge is 0.497 e.